The van der Waals surface area contributed by atoms with Crippen LogP contribution < -0.4 is 5.32 Å². The Morgan fingerprint density at radius 3 is 2.50 bits per heavy atom. The van der Waals surface area contributed by atoms with E-state index in [0.717, 1.165) is 5.69 Å². The van der Waals surface area contributed by atoms with Crippen molar-refractivity contribution >= 4 is 32.8 Å². The predicted octanol–water partition coefficient (Wildman–Crippen LogP) is 3.97. The molecule has 0 atom stereocenters. The summed E-state index contributed by atoms with van der Waals surface area (Å²) in [4.78, 5) is 12.5. The Morgan fingerprint density at radius 2 is 1.79 bits per heavy atom. The van der Waals surface area contributed by atoms with Crippen LogP contribution in [0, 0.1) is 0 Å². The number of hydrogen-bond acceptors (Lipinski definition) is 4. The van der Waals surface area contributed by atoms with Crippen molar-refractivity contribution in [3.63, 3.8) is 0 Å². The molecule has 0 spiro atoms. The molecule has 0 bridgehead atoms. The first kappa shape index (κ1) is 16.4. The Kier molecular flexibility index (Phi) is 4.78. The maximum Gasteiger partial charge on any atom is 0.255 e. The van der Waals surface area contributed by atoms with E-state index in [-0.39, 0.29) is 16.6 Å². The van der Waals surface area contributed by atoms with Crippen LogP contribution in [0.4, 0.5) is 5.69 Å². The summed E-state index contributed by atoms with van der Waals surface area (Å²) in [5.41, 5.74) is 1.74. The number of amides is 1. The Labute approximate surface area is 144 Å². The number of benzene rings is 2. The monoisotopic (exact) mass is 357 g/mol. The largest absolute Gasteiger partial charge is 0.321 e. The SMILES string of the molecule is O=C(Nc1ccsc1)c1cccc(CS(=O)(=O)c2ccccc2)c1. The first-order valence-electron chi connectivity index (χ1n) is 7.25. The molecule has 24 heavy (non-hydrogen) atoms. The average molecular weight is 357 g/mol. The smallest absolute Gasteiger partial charge is 0.255 e. The van der Waals surface area contributed by atoms with Crippen molar-refractivity contribution in [3.8, 4) is 0 Å². The van der Waals surface area contributed by atoms with Gasteiger partial charge in [-0.1, -0.05) is 30.3 Å². The molecule has 2 aromatic carbocycles. The van der Waals surface area contributed by atoms with E-state index < -0.39 is 9.84 Å². The van der Waals surface area contributed by atoms with E-state index in [4.69, 9.17) is 0 Å². The Hall–Kier alpha value is -2.44. The normalized spacial score (nSPS) is 11.2. The molecule has 122 valence electrons. The van der Waals surface area contributed by atoms with Crippen LogP contribution in [0.15, 0.2) is 76.3 Å². The number of carbonyl (C=O) groups is 1. The van der Waals surface area contributed by atoms with Crippen LogP contribution in [0.25, 0.3) is 0 Å². The Morgan fingerprint density at radius 1 is 1.00 bits per heavy atom. The van der Waals surface area contributed by atoms with Crippen molar-refractivity contribution in [3.05, 3.63) is 82.6 Å². The molecule has 3 aromatic rings. The third-order valence-corrected chi connectivity index (χ3v) is 5.81. The van der Waals surface area contributed by atoms with Crippen LogP contribution in [-0.2, 0) is 15.6 Å². The lowest BCUT2D eigenvalue weighted by atomic mass is 10.1. The highest BCUT2D eigenvalue weighted by Crippen LogP contribution is 2.18. The average Bonchev–Trinajstić information content (AvgIpc) is 3.08. The zero-order valence-corrected chi connectivity index (χ0v) is 14.3. The number of rotatable bonds is 5. The first-order valence-corrected chi connectivity index (χ1v) is 9.84. The summed E-state index contributed by atoms with van der Waals surface area (Å²) in [7, 11) is -3.44. The van der Waals surface area contributed by atoms with Gasteiger partial charge >= 0.3 is 0 Å². The fourth-order valence-electron chi connectivity index (χ4n) is 2.27. The summed E-state index contributed by atoms with van der Waals surface area (Å²) in [5.74, 6) is -0.399. The van der Waals surface area contributed by atoms with Gasteiger partial charge in [-0.15, -0.1) is 0 Å². The number of carbonyl (C=O) groups excluding carboxylic acids is 1. The zero-order valence-electron chi connectivity index (χ0n) is 12.7. The van der Waals surface area contributed by atoms with E-state index >= 15 is 0 Å². The highest BCUT2D eigenvalue weighted by molar-refractivity contribution is 7.90. The lowest BCUT2D eigenvalue weighted by Crippen LogP contribution is -2.12. The van der Waals surface area contributed by atoms with E-state index in [1.54, 1.807) is 54.6 Å². The van der Waals surface area contributed by atoms with Gasteiger partial charge in [-0.2, -0.15) is 11.3 Å². The summed E-state index contributed by atoms with van der Waals surface area (Å²) in [6.45, 7) is 0. The summed E-state index contributed by atoms with van der Waals surface area (Å²) < 4.78 is 24.9. The van der Waals surface area contributed by atoms with Crippen LogP contribution in [0.1, 0.15) is 15.9 Å². The molecule has 0 aliphatic rings. The Balaban J connectivity index is 1.79. The number of hydrogen-bond donors (Lipinski definition) is 1. The van der Waals surface area contributed by atoms with Gasteiger partial charge in [0.2, 0.25) is 0 Å². The lowest BCUT2D eigenvalue weighted by molar-refractivity contribution is 0.102. The van der Waals surface area contributed by atoms with Crippen molar-refractivity contribution in [1.82, 2.24) is 0 Å². The minimum Gasteiger partial charge on any atom is -0.321 e. The lowest BCUT2D eigenvalue weighted by Gasteiger charge is -2.07. The van der Waals surface area contributed by atoms with Crippen molar-refractivity contribution < 1.29 is 13.2 Å². The highest BCUT2D eigenvalue weighted by atomic mass is 32.2. The van der Waals surface area contributed by atoms with Crippen LogP contribution in [0.3, 0.4) is 0 Å². The second kappa shape index (κ2) is 6.98. The predicted molar refractivity (Wildman–Crippen MR) is 96.0 cm³/mol. The molecule has 6 heteroatoms. The van der Waals surface area contributed by atoms with E-state index in [9.17, 15) is 13.2 Å². The maximum absolute atomic E-state index is 12.4. The molecule has 3 rings (SSSR count). The van der Waals surface area contributed by atoms with Crippen molar-refractivity contribution in [2.75, 3.05) is 5.32 Å². The molecule has 1 aromatic heterocycles. The number of nitrogens with one attached hydrogen (secondary N) is 1. The van der Waals surface area contributed by atoms with E-state index in [0.29, 0.717) is 11.1 Å². The molecule has 0 saturated carbocycles. The second-order valence-electron chi connectivity index (χ2n) is 5.24. The standard InChI is InChI=1S/C18H15NO3S2/c20-18(19-16-9-10-23-12-16)15-6-4-5-14(11-15)13-24(21,22)17-7-2-1-3-8-17/h1-12H,13H2,(H,19,20). The van der Waals surface area contributed by atoms with Crippen LogP contribution in [0.5, 0.6) is 0 Å². The molecule has 0 aliphatic heterocycles. The van der Waals surface area contributed by atoms with Gasteiger partial charge in [0.15, 0.2) is 9.84 Å². The fourth-order valence-corrected chi connectivity index (χ4v) is 4.22. The minimum atomic E-state index is -3.44. The minimum absolute atomic E-state index is 0.142. The van der Waals surface area contributed by atoms with Gasteiger partial charge in [0.05, 0.1) is 16.3 Å². The molecule has 0 aliphatic carbocycles. The van der Waals surface area contributed by atoms with E-state index in [1.165, 1.54) is 11.3 Å². The second-order valence-corrected chi connectivity index (χ2v) is 8.01. The highest BCUT2D eigenvalue weighted by Gasteiger charge is 2.16. The summed E-state index contributed by atoms with van der Waals surface area (Å²) >= 11 is 1.49. The van der Waals surface area contributed by atoms with E-state index in [1.807, 2.05) is 16.8 Å². The van der Waals surface area contributed by atoms with Crippen molar-refractivity contribution in [2.24, 2.45) is 0 Å². The molecule has 1 heterocycles. The number of sulfone groups is 1. The Bertz CT molecular complexity index is 933. The number of anilines is 1. The van der Waals surface area contributed by atoms with Gasteiger partial charge in [0, 0.05) is 10.9 Å². The molecule has 0 radical (unpaired) electrons. The summed E-state index contributed by atoms with van der Waals surface area (Å²) in [6, 6.07) is 16.8. The molecular formula is C18H15NO3S2. The van der Waals surface area contributed by atoms with Crippen LogP contribution >= 0.6 is 11.3 Å². The van der Waals surface area contributed by atoms with Gasteiger partial charge in [0.1, 0.15) is 0 Å². The van der Waals surface area contributed by atoms with E-state index in [2.05, 4.69) is 5.32 Å². The van der Waals surface area contributed by atoms with Gasteiger partial charge < -0.3 is 5.32 Å². The molecule has 1 N–H and O–H groups in total. The topological polar surface area (TPSA) is 63.2 Å². The number of thiophene rings is 1. The third-order valence-electron chi connectivity index (χ3n) is 3.43. The van der Waals surface area contributed by atoms with Gasteiger partial charge in [-0.05, 0) is 41.3 Å². The summed E-state index contributed by atoms with van der Waals surface area (Å²) in [5, 5.41) is 6.49. The molecular weight excluding hydrogens is 342 g/mol. The van der Waals surface area contributed by atoms with Gasteiger partial charge in [0.25, 0.3) is 5.91 Å². The first-order chi connectivity index (χ1) is 11.5. The summed E-state index contributed by atoms with van der Waals surface area (Å²) in [6.07, 6.45) is 0. The molecule has 0 fully saturated rings. The zero-order chi connectivity index (χ0) is 17.0. The molecule has 0 saturated heterocycles. The van der Waals surface area contributed by atoms with Crippen molar-refractivity contribution in [1.29, 1.82) is 0 Å². The quantitative estimate of drug-likeness (QED) is 0.751. The van der Waals surface area contributed by atoms with Crippen LogP contribution in [0.2, 0.25) is 0 Å². The van der Waals surface area contributed by atoms with Gasteiger partial charge in [-0.25, -0.2) is 8.42 Å². The van der Waals surface area contributed by atoms with Gasteiger partial charge in [-0.3, -0.25) is 4.79 Å². The molecule has 0 unspecified atom stereocenters. The van der Waals surface area contributed by atoms with Crippen molar-refractivity contribution in [2.45, 2.75) is 10.6 Å². The molecule has 1 amide bonds. The fraction of sp³-hybridized carbons (Fsp3) is 0.0556. The molecule has 4 nitrogen and oxygen atoms in total. The third kappa shape index (κ3) is 3.90. The maximum atomic E-state index is 12.4. The van der Waals surface area contributed by atoms with Crippen LogP contribution in [-0.4, -0.2) is 14.3 Å².